The third-order valence-electron chi connectivity index (χ3n) is 11.9. The topological polar surface area (TPSA) is 110 Å². The first kappa shape index (κ1) is 35.9. The van der Waals surface area contributed by atoms with Gasteiger partial charge in [-0.3, -0.25) is 19.2 Å². The fourth-order valence-electron chi connectivity index (χ4n) is 9.28. The fourth-order valence-corrected chi connectivity index (χ4v) is 13.3. The van der Waals surface area contributed by atoms with E-state index < -0.39 is 13.7 Å². The second kappa shape index (κ2) is 14.3. The predicted molar refractivity (Wildman–Crippen MR) is 211 cm³/mol. The first-order valence-corrected chi connectivity index (χ1v) is 22.0. The Hall–Kier alpha value is -5.10. The molecule has 11 heteroatoms. The zero-order valence-corrected chi connectivity index (χ0v) is 32.3. The number of aliphatic hydroxyl groups excluding tert-OH is 1. The van der Waals surface area contributed by atoms with Crippen molar-refractivity contribution in [2.75, 3.05) is 23.5 Å². The summed E-state index contributed by atoms with van der Waals surface area (Å²) in [6.07, 6.45) is 3.76. The molecule has 0 aliphatic carbocycles. The number of hydrogen-bond donors (Lipinski definition) is 1. The molecule has 0 unspecified atom stereocenters. The van der Waals surface area contributed by atoms with Gasteiger partial charge in [-0.1, -0.05) is 91.1 Å². The monoisotopic (exact) mass is 741 g/mol. The average molecular weight is 742 g/mol. The number of amides is 2. The molecule has 8 rings (SSSR count). The summed E-state index contributed by atoms with van der Waals surface area (Å²) in [7, 11) is -0.717. The van der Waals surface area contributed by atoms with E-state index in [4.69, 9.17) is 9.47 Å². The van der Waals surface area contributed by atoms with Crippen LogP contribution in [-0.2, 0) is 45.9 Å². The van der Waals surface area contributed by atoms with E-state index in [2.05, 4.69) is 54.6 Å². The molecule has 1 aromatic heterocycles. The molecule has 4 atom stereocenters. The van der Waals surface area contributed by atoms with Crippen LogP contribution in [0.5, 0.6) is 5.75 Å². The number of para-hydroxylation sites is 1. The van der Waals surface area contributed by atoms with Gasteiger partial charge < -0.3 is 19.5 Å². The molecule has 54 heavy (non-hydrogen) atoms. The highest BCUT2D eigenvalue weighted by Crippen LogP contribution is 2.61. The number of anilines is 3. The van der Waals surface area contributed by atoms with E-state index in [1.807, 2.05) is 93.5 Å². The van der Waals surface area contributed by atoms with Crippen molar-refractivity contribution >= 4 is 42.1 Å². The molecule has 1 N–H and O–H groups in total. The molecule has 2 amide bonds. The Kier molecular flexibility index (Phi) is 9.49. The van der Waals surface area contributed by atoms with E-state index in [0.717, 1.165) is 45.2 Å². The maximum Gasteiger partial charge on any atom is 0.264 e. The van der Waals surface area contributed by atoms with Crippen molar-refractivity contribution in [2.24, 2.45) is 5.92 Å². The molecule has 1 spiro atoms. The van der Waals surface area contributed by atoms with Gasteiger partial charge in [0.25, 0.3) is 5.91 Å². The lowest BCUT2D eigenvalue weighted by molar-refractivity contribution is -0.146. The van der Waals surface area contributed by atoms with Gasteiger partial charge >= 0.3 is 0 Å². The number of methoxy groups -OCH3 is 1. The summed E-state index contributed by atoms with van der Waals surface area (Å²) in [5.74, 6) is 0.550. The number of fused-ring (bicyclic) bond motifs is 3. The van der Waals surface area contributed by atoms with Crippen molar-refractivity contribution < 1.29 is 24.2 Å². The van der Waals surface area contributed by atoms with E-state index in [1.165, 1.54) is 5.19 Å². The zero-order valence-electron chi connectivity index (χ0n) is 31.3. The maximum absolute atomic E-state index is 15.4. The molecule has 0 saturated carbocycles. The molecular weight excluding hydrogens is 695 g/mol. The molecule has 278 valence electrons. The number of aryl methyl sites for hydroxylation is 2. The van der Waals surface area contributed by atoms with Crippen LogP contribution in [0.4, 0.5) is 17.1 Å². The highest BCUT2D eigenvalue weighted by molar-refractivity contribution is 6.91. The van der Waals surface area contributed by atoms with E-state index in [1.54, 1.807) is 7.11 Å². The van der Waals surface area contributed by atoms with Crippen LogP contribution < -0.4 is 19.7 Å². The molecule has 3 aliphatic rings. The van der Waals surface area contributed by atoms with Crippen LogP contribution in [0.1, 0.15) is 42.1 Å². The summed E-state index contributed by atoms with van der Waals surface area (Å²) < 4.78 is 14.8. The SMILES string of the molecule is COc1ccc([Si](C)(C)[C@@H]2[C@@H](CCn3cc(CCO)nn3)O[C@]3(C(=O)N(Cc4ccccc4)c4ccc(N5C(=O)CCc6ccccc65)cc43)[C@H]2C)cc1. The average Bonchev–Trinajstić information content (AvgIpc) is 3.84. The van der Waals surface area contributed by atoms with E-state index in [9.17, 15) is 9.90 Å². The van der Waals surface area contributed by atoms with Gasteiger partial charge in [-0.15, -0.1) is 5.10 Å². The van der Waals surface area contributed by atoms with Crippen molar-refractivity contribution in [1.29, 1.82) is 0 Å². The van der Waals surface area contributed by atoms with Gasteiger partial charge in [0.2, 0.25) is 5.91 Å². The Bertz CT molecular complexity index is 2170. The summed E-state index contributed by atoms with van der Waals surface area (Å²) in [4.78, 5) is 32.8. The Labute approximate surface area is 317 Å². The first-order valence-electron chi connectivity index (χ1n) is 18.9. The van der Waals surface area contributed by atoms with Crippen molar-refractivity contribution in [3.63, 3.8) is 0 Å². The minimum Gasteiger partial charge on any atom is -0.497 e. The quantitative estimate of drug-likeness (QED) is 0.159. The van der Waals surface area contributed by atoms with Crippen LogP contribution in [0, 0.1) is 5.92 Å². The smallest absolute Gasteiger partial charge is 0.264 e. The van der Waals surface area contributed by atoms with Crippen LogP contribution in [0.2, 0.25) is 18.6 Å². The fraction of sp³-hybridized carbons (Fsp3) is 0.349. The van der Waals surface area contributed by atoms with Gasteiger partial charge in [-0.2, -0.15) is 0 Å². The molecule has 5 aromatic rings. The molecule has 10 nitrogen and oxygen atoms in total. The van der Waals surface area contributed by atoms with Crippen LogP contribution in [-0.4, -0.2) is 59.8 Å². The van der Waals surface area contributed by atoms with E-state index >= 15 is 4.79 Å². The number of aromatic nitrogens is 3. The van der Waals surface area contributed by atoms with Crippen molar-refractivity contribution in [3.8, 4) is 5.75 Å². The molecular formula is C43H47N5O5Si. The molecule has 1 fully saturated rings. The van der Waals surface area contributed by atoms with Crippen LogP contribution in [0.3, 0.4) is 0 Å². The highest BCUT2D eigenvalue weighted by Gasteiger charge is 2.66. The molecule has 0 radical (unpaired) electrons. The van der Waals surface area contributed by atoms with Gasteiger partial charge in [0, 0.05) is 49.4 Å². The number of rotatable bonds is 11. The number of carbonyl (C=O) groups excluding carboxylic acids is 2. The standard InChI is InChI=1S/C43H47N5O5Si/c1-29-41(54(3,4)35-18-16-34(52-2)17-19-35)39(22-24-46-28-32(23-25-49)44-45-46)53-43(29)36-26-33(48-37-13-9-8-12-31(37)14-21-40(48)50)15-20-38(36)47(42(43)51)27-30-10-6-5-7-11-30/h5-13,15-20,26,28-29,39,41,49H,14,21-25,27H2,1-4H3/t29-,39+,41-,43+/m0/s1. The Morgan fingerprint density at radius 3 is 2.46 bits per heavy atom. The third-order valence-corrected chi connectivity index (χ3v) is 16.3. The van der Waals surface area contributed by atoms with E-state index in [0.29, 0.717) is 38.8 Å². The number of ether oxygens (including phenoxy) is 2. The molecule has 1 saturated heterocycles. The predicted octanol–water partition coefficient (Wildman–Crippen LogP) is 6.29. The van der Waals surface area contributed by atoms with Gasteiger partial charge in [-0.05, 0) is 65.9 Å². The molecule has 4 aromatic carbocycles. The number of aliphatic hydroxyl groups is 1. The second-order valence-electron chi connectivity index (χ2n) is 15.3. The van der Waals surface area contributed by atoms with Crippen molar-refractivity contribution in [2.45, 2.75) is 76.0 Å². The Balaban J connectivity index is 1.26. The van der Waals surface area contributed by atoms with Crippen LogP contribution >= 0.6 is 0 Å². The van der Waals surface area contributed by atoms with Crippen molar-refractivity contribution in [1.82, 2.24) is 15.0 Å². The lowest BCUT2D eigenvalue weighted by Gasteiger charge is -2.37. The summed E-state index contributed by atoms with van der Waals surface area (Å²) >= 11 is 0. The first-order chi connectivity index (χ1) is 26.1. The van der Waals surface area contributed by atoms with Gasteiger partial charge in [0.05, 0.1) is 44.9 Å². The summed E-state index contributed by atoms with van der Waals surface area (Å²) in [6.45, 7) is 7.90. The normalized spacial score (nSPS) is 22.2. The van der Waals surface area contributed by atoms with Gasteiger partial charge in [0.1, 0.15) is 5.75 Å². The molecule has 4 heterocycles. The number of carbonyl (C=O) groups is 2. The second-order valence-corrected chi connectivity index (χ2v) is 20.0. The number of benzene rings is 4. The van der Waals surface area contributed by atoms with Crippen LogP contribution in [0.15, 0.2) is 103 Å². The Morgan fingerprint density at radius 1 is 0.944 bits per heavy atom. The van der Waals surface area contributed by atoms with E-state index in [-0.39, 0.29) is 36.0 Å². The number of hydrogen-bond acceptors (Lipinski definition) is 7. The number of nitrogens with zero attached hydrogens (tertiary/aromatic N) is 5. The minimum atomic E-state index is -2.39. The molecule has 0 bridgehead atoms. The van der Waals surface area contributed by atoms with Gasteiger partial charge in [0.15, 0.2) is 5.60 Å². The lowest BCUT2D eigenvalue weighted by Crippen LogP contribution is -2.51. The van der Waals surface area contributed by atoms with Crippen LogP contribution in [0.25, 0.3) is 0 Å². The summed E-state index contributed by atoms with van der Waals surface area (Å²) in [6, 6.07) is 32.5. The maximum atomic E-state index is 15.4. The van der Waals surface area contributed by atoms with Crippen molar-refractivity contribution in [3.05, 3.63) is 126 Å². The third kappa shape index (κ3) is 6.04. The summed E-state index contributed by atoms with van der Waals surface area (Å²) in [5.41, 5.74) is 4.86. The highest BCUT2D eigenvalue weighted by atomic mass is 28.3. The van der Waals surface area contributed by atoms with Gasteiger partial charge in [-0.25, -0.2) is 0 Å². The minimum absolute atomic E-state index is 0.00574. The largest absolute Gasteiger partial charge is 0.497 e. The lowest BCUT2D eigenvalue weighted by atomic mass is 9.82. The zero-order chi connectivity index (χ0) is 37.6. The summed E-state index contributed by atoms with van der Waals surface area (Å²) in [5, 5.41) is 19.3. The Morgan fingerprint density at radius 2 is 1.70 bits per heavy atom. The molecule has 3 aliphatic heterocycles.